The van der Waals surface area contributed by atoms with Crippen LogP contribution in [-0.2, 0) is 6.54 Å². The van der Waals surface area contributed by atoms with Crippen LogP contribution in [0.4, 0.5) is 11.4 Å². The molecule has 2 aromatic carbocycles. The van der Waals surface area contributed by atoms with Crippen LogP contribution in [-0.4, -0.2) is 25.0 Å². The van der Waals surface area contributed by atoms with Crippen LogP contribution in [0.3, 0.4) is 0 Å². The van der Waals surface area contributed by atoms with E-state index in [1.165, 1.54) is 4.68 Å². The number of aromatic nitrogens is 5. The van der Waals surface area contributed by atoms with Gasteiger partial charge >= 0.3 is 0 Å². The molecule has 2 atom stereocenters. The number of nitrogens with one attached hydrogen (secondary N) is 2. The van der Waals surface area contributed by atoms with E-state index in [9.17, 15) is 5.26 Å². The first-order valence-electron chi connectivity index (χ1n) is 12.4. The number of hydrogen-bond donors (Lipinski definition) is 2. The van der Waals surface area contributed by atoms with Crippen LogP contribution >= 0.6 is 11.6 Å². The lowest BCUT2D eigenvalue weighted by atomic mass is 10.0. The zero-order valence-electron chi connectivity index (χ0n) is 21.1. The quantitative estimate of drug-likeness (QED) is 0.235. The molecule has 3 aromatic heterocycles. The summed E-state index contributed by atoms with van der Waals surface area (Å²) in [7, 11) is 0. The van der Waals surface area contributed by atoms with E-state index in [1.54, 1.807) is 30.9 Å². The van der Waals surface area contributed by atoms with Gasteiger partial charge in [-0.1, -0.05) is 60.1 Å². The fourth-order valence-electron chi connectivity index (χ4n) is 4.50. The van der Waals surface area contributed by atoms with Gasteiger partial charge in [-0.05, 0) is 35.7 Å². The summed E-state index contributed by atoms with van der Waals surface area (Å²) in [4.78, 5) is 8.75. The highest BCUT2D eigenvalue weighted by Gasteiger charge is 2.21. The van der Waals surface area contributed by atoms with Gasteiger partial charge in [0.25, 0.3) is 0 Å². The van der Waals surface area contributed by atoms with Gasteiger partial charge in [0.2, 0.25) is 0 Å². The summed E-state index contributed by atoms with van der Waals surface area (Å²) in [6.45, 7) is 2.18. The molecule has 9 nitrogen and oxygen atoms in total. The number of nitriles is 2. The molecule has 0 aliphatic carbocycles. The van der Waals surface area contributed by atoms with Gasteiger partial charge in [-0.15, -0.1) is 5.10 Å². The second-order valence-corrected chi connectivity index (χ2v) is 9.30. The topological polar surface area (TPSA) is 128 Å². The van der Waals surface area contributed by atoms with E-state index in [2.05, 4.69) is 62.1 Å². The molecule has 0 amide bonds. The number of nitrogens with zero attached hydrogens (tertiary/aromatic N) is 7. The first kappa shape index (κ1) is 25.7. The average Bonchev–Trinajstić information content (AvgIpc) is 3.44. The van der Waals surface area contributed by atoms with Crippen LogP contribution in [0.1, 0.15) is 47.8 Å². The number of halogens is 1. The zero-order valence-corrected chi connectivity index (χ0v) is 21.8. The van der Waals surface area contributed by atoms with Crippen LogP contribution in [0, 0.1) is 22.7 Å². The van der Waals surface area contributed by atoms with Gasteiger partial charge in [-0.2, -0.15) is 10.5 Å². The predicted molar refractivity (Wildman–Crippen MR) is 150 cm³/mol. The van der Waals surface area contributed by atoms with Crippen LogP contribution < -0.4 is 10.6 Å². The van der Waals surface area contributed by atoms with Gasteiger partial charge in [0.05, 0.1) is 46.1 Å². The Bertz CT molecular complexity index is 1670. The molecule has 2 N–H and O–H groups in total. The molecule has 10 heteroatoms. The minimum Gasteiger partial charge on any atom is -0.377 e. The molecule has 0 radical (unpaired) electrons. The van der Waals surface area contributed by atoms with Gasteiger partial charge in [-0.3, -0.25) is 9.97 Å². The Morgan fingerprint density at radius 2 is 1.85 bits per heavy atom. The Morgan fingerprint density at radius 1 is 1.03 bits per heavy atom. The fourth-order valence-corrected chi connectivity index (χ4v) is 4.77. The van der Waals surface area contributed by atoms with Crippen LogP contribution in [0.5, 0.6) is 0 Å². The molecule has 0 aliphatic heterocycles. The number of pyridine rings is 2. The van der Waals surface area contributed by atoms with E-state index in [4.69, 9.17) is 16.9 Å². The van der Waals surface area contributed by atoms with E-state index < -0.39 is 6.04 Å². The van der Waals surface area contributed by atoms with Crippen molar-refractivity contribution in [3.8, 4) is 12.1 Å². The van der Waals surface area contributed by atoms with Crippen LogP contribution in [0.15, 0.2) is 79.4 Å². The van der Waals surface area contributed by atoms with E-state index in [0.29, 0.717) is 33.2 Å². The largest absolute Gasteiger partial charge is 0.377 e. The number of fused-ring (bicyclic) bond motifs is 1. The molecule has 0 spiro atoms. The Morgan fingerprint density at radius 3 is 2.56 bits per heavy atom. The van der Waals surface area contributed by atoms with Gasteiger partial charge in [0.1, 0.15) is 18.3 Å². The molecule has 192 valence electrons. The lowest BCUT2D eigenvalue weighted by molar-refractivity contribution is 0.667. The summed E-state index contributed by atoms with van der Waals surface area (Å²) in [6, 6.07) is 21.5. The highest BCUT2D eigenvalue weighted by Crippen LogP contribution is 2.37. The first-order valence-corrected chi connectivity index (χ1v) is 12.8. The van der Waals surface area contributed by atoms with Crippen molar-refractivity contribution >= 4 is 33.9 Å². The minimum atomic E-state index is -0.420. The van der Waals surface area contributed by atoms with Gasteiger partial charge < -0.3 is 10.6 Å². The highest BCUT2D eigenvalue weighted by atomic mass is 35.5. The summed E-state index contributed by atoms with van der Waals surface area (Å²) in [5, 5.41) is 35.6. The SMILES string of the molecule is CCC(Nc1c(C#N)cnc2c(Cl)cc(NC(c3cccnc3)c3cn(CC#N)nn3)cc12)c1ccccc1. The number of hydrogen-bond acceptors (Lipinski definition) is 8. The lowest BCUT2D eigenvalue weighted by Gasteiger charge is -2.22. The maximum atomic E-state index is 9.94. The smallest absolute Gasteiger partial charge is 0.129 e. The molecule has 5 aromatic rings. The molecule has 5 rings (SSSR count). The van der Waals surface area contributed by atoms with Crippen molar-refractivity contribution in [2.24, 2.45) is 0 Å². The van der Waals surface area contributed by atoms with Crippen molar-refractivity contribution in [2.75, 3.05) is 10.6 Å². The third-order valence-corrected chi connectivity index (χ3v) is 6.68. The van der Waals surface area contributed by atoms with Crippen LogP contribution in [0.25, 0.3) is 10.9 Å². The first-order chi connectivity index (χ1) is 19.1. The molecule has 3 heterocycles. The molecule has 0 bridgehead atoms. The highest BCUT2D eigenvalue weighted by molar-refractivity contribution is 6.35. The van der Waals surface area contributed by atoms with Gasteiger partial charge in [0, 0.05) is 29.7 Å². The molecular formula is C29H24ClN9. The third kappa shape index (κ3) is 5.49. The van der Waals surface area contributed by atoms with Crippen molar-refractivity contribution in [1.82, 2.24) is 25.0 Å². The van der Waals surface area contributed by atoms with E-state index >= 15 is 0 Å². The standard InChI is InChI=1S/C29H24ClN9/c1-2-25(19-7-4-3-5-8-19)36-27-21(15-32)17-34-29-23(27)13-22(14-24(29)30)35-28(20-9-6-11-33-16-20)26-18-39(12-10-31)38-37-26/h3-9,11,13-14,16-18,25,28,35H,2,12H2,1H3,(H,34,36). The summed E-state index contributed by atoms with van der Waals surface area (Å²) < 4.78 is 1.48. The average molecular weight is 534 g/mol. The second-order valence-electron chi connectivity index (χ2n) is 8.89. The normalized spacial score (nSPS) is 12.3. The summed E-state index contributed by atoms with van der Waals surface area (Å²) in [5.41, 5.74) is 4.97. The Kier molecular flexibility index (Phi) is 7.63. The van der Waals surface area contributed by atoms with Crippen molar-refractivity contribution in [2.45, 2.75) is 32.0 Å². The maximum absolute atomic E-state index is 9.94. The summed E-state index contributed by atoms with van der Waals surface area (Å²) in [6.07, 6.45) is 7.53. The van der Waals surface area contributed by atoms with E-state index in [1.807, 2.05) is 36.4 Å². The van der Waals surface area contributed by atoms with Crippen molar-refractivity contribution in [3.63, 3.8) is 0 Å². The molecule has 0 aliphatic rings. The Balaban J connectivity index is 1.59. The van der Waals surface area contributed by atoms with E-state index in [-0.39, 0.29) is 12.6 Å². The predicted octanol–water partition coefficient (Wildman–Crippen LogP) is 6.03. The second kappa shape index (κ2) is 11.6. The molecule has 0 fully saturated rings. The lowest BCUT2D eigenvalue weighted by Crippen LogP contribution is -2.14. The number of anilines is 2. The monoisotopic (exact) mass is 533 g/mol. The van der Waals surface area contributed by atoms with E-state index in [0.717, 1.165) is 22.9 Å². The molecular weight excluding hydrogens is 510 g/mol. The minimum absolute atomic E-state index is 0.0161. The number of rotatable bonds is 9. The van der Waals surface area contributed by atoms with Crippen LogP contribution in [0.2, 0.25) is 5.02 Å². The van der Waals surface area contributed by atoms with Gasteiger partial charge in [0.15, 0.2) is 0 Å². The summed E-state index contributed by atoms with van der Waals surface area (Å²) in [5.74, 6) is 0. The van der Waals surface area contributed by atoms with Gasteiger partial charge in [-0.25, -0.2) is 4.68 Å². The summed E-state index contributed by atoms with van der Waals surface area (Å²) >= 11 is 6.74. The zero-order chi connectivity index (χ0) is 27.2. The Hall–Kier alpha value is -4.99. The number of benzene rings is 2. The Labute approximate surface area is 230 Å². The molecule has 39 heavy (non-hydrogen) atoms. The van der Waals surface area contributed by atoms with Crippen molar-refractivity contribution in [3.05, 3.63) is 107 Å². The molecule has 2 unspecified atom stereocenters. The molecule has 0 saturated carbocycles. The van der Waals surface area contributed by atoms with Crippen molar-refractivity contribution < 1.29 is 0 Å². The fraction of sp³-hybridized carbons (Fsp3) is 0.172. The molecule has 0 saturated heterocycles. The third-order valence-electron chi connectivity index (χ3n) is 6.39. The maximum Gasteiger partial charge on any atom is 0.129 e. The van der Waals surface area contributed by atoms with Crippen molar-refractivity contribution in [1.29, 1.82) is 10.5 Å².